The lowest BCUT2D eigenvalue weighted by Crippen LogP contribution is -2.35. The summed E-state index contributed by atoms with van der Waals surface area (Å²) < 4.78 is 18.0. The predicted molar refractivity (Wildman–Crippen MR) is 74.5 cm³/mol. The van der Waals surface area contributed by atoms with Crippen molar-refractivity contribution in [1.29, 1.82) is 0 Å². The molecular formula is C15H15FN2O3. The molecular weight excluding hydrogens is 275 g/mol. The minimum Gasteiger partial charge on any atom is -0.491 e. The van der Waals surface area contributed by atoms with E-state index in [2.05, 4.69) is 10.3 Å². The third-order valence-electron chi connectivity index (χ3n) is 2.68. The quantitative estimate of drug-likeness (QED) is 0.843. The van der Waals surface area contributed by atoms with Crippen LogP contribution in [0.15, 0.2) is 48.8 Å². The highest BCUT2D eigenvalue weighted by molar-refractivity contribution is 5.93. The van der Waals surface area contributed by atoms with Gasteiger partial charge in [0.25, 0.3) is 5.91 Å². The van der Waals surface area contributed by atoms with Crippen LogP contribution in [0, 0.1) is 5.82 Å². The molecule has 110 valence electrons. The smallest absolute Gasteiger partial charge is 0.252 e. The lowest BCUT2D eigenvalue weighted by molar-refractivity contribution is 0.0843. The van der Waals surface area contributed by atoms with Gasteiger partial charge in [-0.15, -0.1) is 0 Å². The Morgan fingerprint density at radius 3 is 2.76 bits per heavy atom. The summed E-state index contributed by atoms with van der Waals surface area (Å²) in [6.07, 6.45) is 2.15. The highest BCUT2D eigenvalue weighted by atomic mass is 19.1. The second-order valence-electron chi connectivity index (χ2n) is 4.37. The van der Waals surface area contributed by atoms with Crippen molar-refractivity contribution in [3.05, 3.63) is 60.2 Å². The van der Waals surface area contributed by atoms with E-state index >= 15 is 0 Å². The van der Waals surface area contributed by atoms with E-state index in [0.29, 0.717) is 11.3 Å². The number of pyridine rings is 1. The lowest BCUT2D eigenvalue weighted by Gasteiger charge is -2.13. The van der Waals surface area contributed by atoms with Crippen molar-refractivity contribution in [3.63, 3.8) is 0 Å². The van der Waals surface area contributed by atoms with Crippen LogP contribution < -0.4 is 10.1 Å². The fourth-order valence-electron chi connectivity index (χ4n) is 1.59. The van der Waals surface area contributed by atoms with Crippen LogP contribution in [0.3, 0.4) is 0 Å². The van der Waals surface area contributed by atoms with Crippen molar-refractivity contribution in [2.24, 2.45) is 0 Å². The Kier molecular flexibility index (Phi) is 5.22. The monoisotopic (exact) mass is 290 g/mol. The Morgan fingerprint density at radius 1 is 1.33 bits per heavy atom. The van der Waals surface area contributed by atoms with E-state index in [1.807, 2.05) is 0 Å². The number of amides is 1. The molecule has 1 atom stereocenters. The number of aliphatic hydroxyl groups excluding tert-OH is 1. The van der Waals surface area contributed by atoms with Gasteiger partial charge in [-0.05, 0) is 36.4 Å². The average molecular weight is 290 g/mol. The van der Waals surface area contributed by atoms with E-state index in [-0.39, 0.29) is 24.9 Å². The molecule has 0 fully saturated rings. The Hall–Kier alpha value is -2.47. The van der Waals surface area contributed by atoms with E-state index < -0.39 is 6.10 Å². The number of carbonyl (C=O) groups excluding carboxylic acids is 1. The third-order valence-corrected chi connectivity index (χ3v) is 2.68. The van der Waals surface area contributed by atoms with Gasteiger partial charge in [-0.1, -0.05) is 0 Å². The van der Waals surface area contributed by atoms with Crippen LogP contribution in [0.2, 0.25) is 0 Å². The standard InChI is InChI=1S/C15H15FN2O3/c16-12-3-5-14(6-4-12)21-10-13(19)9-18-15(20)11-2-1-7-17-8-11/h1-8,13,19H,9-10H2,(H,18,20). The zero-order valence-corrected chi connectivity index (χ0v) is 11.2. The van der Waals surface area contributed by atoms with Gasteiger partial charge in [-0.25, -0.2) is 4.39 Å². The maximum absolute atomic E-state index is 12.7. The van der Waals surface area contributed by atoms with E-state index in [9.17, 15) is 14.3 Å². The molecule has 0 aliphatic rings. The summed E-state index contributed by atoms with van der Waals surface area (Å²) in [5.74, 6) is -0.218. The number of nitrogens with one attached hydrogen (secondary N) is 1. The molecule has 2 rings (SSSR count). The molecule has 1 aromatic carbocycles. The average Bonchev–Trinajstić information content (AvgIpc) is 2.53. The first-order valence-corrected chi connectivity index (χ1v) is 6.40. The van der Waals surface area contributed by atoms with Crippen LogP contribution in [0.4, 0.5) is 4.39 Å². The molecule has 0 spiro atoms. The first-order chi connectivity index (χ1) is 10.1. The van der Waals surface area contributed by atoms with Crippen molar-refractivity contribution in [1.82, 2.24) is 10.3 Å². The van der Waals surface area contributed by atoms with Gasteiger partial charge < -0.3 is 15.2 Å². The van der Waals surface area contributed by atoms with Crippen molar-refractivity contribution in [3.8, 4) is 5.75 Å². The molecule has 0 radical (unpaired) electrons. The van der Waals surface area contributed by atoms with Gasteiger partial charge in [-0.2, -0.15) is 0 Å². The zero-order valence-electron chi connectivity index (χ0n) is 11.2. The predicted octanol–water partition coefficient (Wildman–Crippen LogP) is 1.39. The largest absolute Gasteiger partial charge is 0.491 e. The van der Waals surface area contributed by atoms with Crippen LogP contribution in [0.25, 0.3) is 0 Å². The molecule has 0 saturated carbocycles. The first-order valence-electron chi connectivity index (χ1n) is 6.40. The first kappa shape index (κ1) is 14.9. The van der Waals surface area contributed by atoms with E-state index in [1.165, 1.54) is 30.5 Å². The van der Waals surface area contributed by atoms with E-state index in [1.54, 1.807) is 18.3 Å². The molecule has 1 unspecified atom stereocenters. The molecule has 0 saturated heterocycles. The summed E-state index contributed by atoms with van der Waals surface area (Å²) in [5.41, 5.74) is 0.421. The fraction of sp³-hybridized carbons (Fsp3) is 0.200. The molecule has 5 nitrogen and oxygen atoms in total. The van der Waals surface area contributed by atoms with Crippen molar-refractivity contribution >= 4 is 5.91 Å². The van der Waals surface area contributed by atoms with Gasteiger partial charge in [0.15, 0.2) is 0 Å². The summed E-state index contributed by atoms with van der Waals surface area (Å²) in [6.45, 7) is 0.0495. The number of nitrogens with zero attached hydrogens (tertiary/aromatic N) is 1. The van der Waals surface area contributed by atoms with Gasteiger partial charge in [0, 0.05) is 18.9 Å². The Labute approximate surface area is 121 Å². The Morgan fingerprint density at radius 2 is 2.10 bits per heavy atom. The number of halogens is 1. The van der Waals surface area contributed by atoms with Crippen LogP contribution in [0.5, 0.6) is 5.75 Å². The highest BCUT2D eigenvalue weighted by Crippen LogP contribution is 2.11. The molecule has 6 heteroatoms. The third kappa shape index (κ3) is 4.85. The van der Waals surface area contributed by atoms with Crippen molar-refractivity contribution in [2.45, 2.75) is 6.10 Å². The summed E-state index contributed by atoms with van der Waals surface area (Å²) in [4.78, 5) is 15.6. The fourth-order valence-corrected chi connectivity index (χ4v) is 1.59. The normalized spacial score (nSPS) is 11.7. The van der Waals surface area contributed by atoms with Crippen LogP contribution in [-0.2, 0) is 0 Å². The molecule has 1 amide bonds. The molecule has 2 N–H and O–H groups in total. The Balaban J connectivity index is 1.73. The summed E-state index contributed by atoms with van der Waals surface area (Å²) in [6, 6.07) is 8.76. The number of carbonyl (C=O) groups is 1. The molecule has 1 heterocycles. The lowest BCUT2D eigenvalue weighted by atomic mass is 10.2. The molecule has 1 aromatic heterocycles. The zero-order chi connectivity index (χ0) is 15.1. The second kappa shape index (κ2) is 7.35. The maximum Gasteiger partial charge on any atom is 0.252 e. The number of rotatable bonds is 6. The van der Waals surface area contributed by atoms with Gasteiger partial charge in [0.05, 0.1) is 5.56 Å². The SMILES string of the molecule is O=C(NCC(O)COc1ccc(F)cc1)c1cccnc1. The number of aliphatic hydroxyl groups is 1. The second-order valence-corrected chi connectivity index (χ2v) is 4.37. The summed E-state index contributed by atoms with van der Waals surface area (Å²) >= 11 is 0. The van der Waals surface area contributed by atoms with E-state index in [4.69, 9.17) is 4.74 Å². The van der Waals surface area contributed by atoms with Crippen molar-refractivity contribution < 1.29 is 19.0 Å². The van der Waals surface area contributed by atoms with Crippen molar-refractivity contribution in [2.75, 3.05) is 13.2 Å². The molecule has 0 bridgehead atoms. The van der Waals surface area contributed by atoms with Crippen LogP contribution in [0.1, 0.15) is 10.4 Å². The van der Waals surface area contributed by atoms with Gasteiger partial charge in [0.1, 0.15) is 24.3 Å². The van der Waals surface area contributed by atoms with Crippen LogP contribution in [-0.4, -0.2) is 35.3 Å². The minimum absolute atomic E-state index is 0.00104. The molecule has 0 aliphatic heterocycles. The Bertz CT molecular complexity index is 575. The number of ether oxygens (including phenoxy) is 1. The summed E-state index contributed by atoms with van der Waals surface area (Å²) in [5, 5.41) is 12.3. The van der Waals surface area contributed by atoms with E-state index in [0.717, 1.165) is 0 Å². The summed E-state index contributed by atoms with van der Waals surface area (Å²) in [7, 11) is 0. The topological polar surface area (TPSA) is 71.5 Å². The van der Waals surface area contributed by atoms with Gasteiger partial charge >= 0.3 is 0 Å². The number of aromatic nitrogens is 1. The van der Waals surface area contributed by atoms with Crippen LogP contribution >= 0.6 is 0 Å². The molecule has 21 heavy (non-hydrogen) atoms. The maximum atomic E-state index is 12.7. The molecule has 0 aliphatic carbocycles. The highest BCUT2D eigenvalue weighted by Gasteiger charge is 2.09. The number of hydrogen-bond acceptors (Lipinski definition) is 4. The molecule has 2 aromatic rings. The minimum atomic E-state index is -0.865. The van der Waals surface area contributed by atoms with Gasteiger partial charge in [-0.3, -0.25) is 9.78 Å². The number of benzene rings is 1. The number of hydrogen-bond donors (Lipinski definition) is 2. The van der Waals surface area contributed by atoms with Gasteiger partial charge in [0.2, 0.25) is 0 Å².